The van der Waals surface area contributed by atoms with Crippen LogP contribution < -0.4 is 10.1 Å². The van der Waals surface area contributed by atoms with Crippen molar-refractivity contribution in [2.75, 3.05) is 16.8 Å². The number of carbonyl (C=O) groups is 1. The van der Waals surface area contributed by atoms with Gasteiger partial charge in [-0.25, -0.2) is 0 Å². The van der Waals surface area contributed by atoms with Crippen LogP contribution in [0.5, 0.6) is 11.5 Å². The van der Waals surface area contributed by atoms with E-state index in [1.165, 1.54) is 6.92 Å². The summed E-state index contributed by atoms with van der Waals surface area (Å²) in [5.41, 5.74) is 0.730. The monoisotopic (exact) mass is 347 g/mol. The van der Waals surface area contributed by atoms with E-state index >= 15 is 0 Å². The number of hydrogen-bond donors (Lipinski definition) is 1. The van der Waals surface area contributed by atoms with Crippen LogP contribution in [0.2, 0.25) is 0 Å². The van der Waals surface area contributed by atoms with Crippen LogP contribution in [-0.4, -0.2) is 26.9 Å². The first kappa shape index (κ1) is 16.1. The predicted octanol–water partition coefficient (Wildman–Crippen LogP) is 3.66. The summed E-state index contributed by atoms with van der Waals surface area (Å²) in [4.78, 5) is 11.8. The molecule has 0 saturated carbocycles. The van der Waals surface area contributed by atoms with Crippen LogP contribution in [0.15, 0.2) is 53.4 Å². The molecular formula is C17H17NO3S2. The zero-order valence-electron chi connectivity index (χ0n) is 12.7. The molecule has 1 amide bonds. The van der Waals surface area contributed by atoms with Crippen molar-refractivity contribution < 1.29 is 13.7 Å². The minimum absolute atomic E-state index is 0.105. The second-order valence-corrected chi connectivity index (χ2v) is 8.08. The van der Waals surface area contributed by atoms with E-state index in [-0.39, 0.29) is 5.91 Å². The summed E-state index contributed by atoms with van der Waals surface area (Å²) in [6.45, 7) is 1.47. The molecule has 4 nitrogen and oxygen atoms in total. The van der Waals surface area contributed by atoms with E-state index in [0.29, 0.717) is 16.7 Å². The van der Waals surface area contributed by atoms with Gasteiger partial charge in [-0.3, -0.25) is 9.00 Å². The van der Waals surface area contributed by atoms with Crippen molar-refractivity contribution in [2.45, 2.75) is 17.1 Å². The lowest BCUT2D eigenvalue weighted by Gasteiger charge is -2.08. The molecule has 0 aliphatic carbocycles. The molecule has 1 aliphatic heterocycles. The van der Waals surface area contributed by atoms with Gasteiger partial charge in [0.1, 0.15) is 11.5 Å². The summed E-state index contributed by atoms with van der Waals surface area (Å²) in [6, 6.07) is 14.5. The van der Waals surface area contributed by atoms with Crippen LogP contribution in [0.1, 0.15) is 6.92 Å². The Morgan fingerprint density at radius 1 is 1.17 bits per heavy atom. The van der Waals surface area contributed by atoms with E-state index in [2.05, 4.69) is 5.32 Å². The molecule has 23 heavy (non-hydrogen) atoms. The van der Waals surface area contributed by atoms with Gasteiger partial charge in [-0.05, 0) is 48.5 Å². The lowest BCUT2D eigenvalue weighted by molar-refractivity contribution is -0.114. The van der Waals surface area contributed by atoms with Crippen molar-refractivity contribution in [1.29, 1.82) is 0 Å². The molecule has 1 saturated heterocycles. The summed E-state index contributed by atoms with van der Waals surface area (Å²) < 4.78 is 17.9. The van der Waals surface area contributed by atoms with Gasteiger partial charge in [0.15, 0.2) is 0 Å². The van der Waals surface area contributed by atoms with Gasteiger partial charge < -0.3 is 10.1 Å². The lowest BCUT2D eigenvalue weighted by atomic mass is 10.3. The Kier molecular flexibility index (Phi) is 5.03. The molecule has 0 bridgehead atoms. The van der Waals surface area contributed by atoms with E-state index in [4.69, 9.17) is 4.74 Å². The molecule has 1 fully saturated rings. The largest absolute Gasteiger partial charge is 0.457 e. The van der Waals surface area contributed by atoms with Gasteiger partial charge in [0.2, 0.25) is 5.91 Å². The maximum Gasteiger partial charge on any atom is 0.221 e. The predicted molar refractivity (Wildman–Crippen MR) is 94.8 cm³/mol. The van der Waals surface area contributed by atoms with Gasteiger partial charge in [-0.15, -0.1) is 0 Å². The fraction of sp³-hybridized carbons (Fsp3) is 0.235. The van der Waals surface area contributed by atoms with Gasteiger partial charge in [0.25, 0.3) is 0 Å². The van der Waals surface area contributed by atoms with Crippen molar-refractivity contribution >= 4 is 34.2 Å². The number of benzene rings is 2. The van der Waals surface area contributed by atoms with Gasteiger partial charge in [-0.1, -0.05) is 0 Å². The zero-order chi connectivity index (χ0) is 16.2. The van der Waals surface area contributed by atoms with Crippen LogP contribution in [0.3, 0.4) is 0 Å². The highest BCUT2D eigenvalue weighted by Gasteiger charge is 2.25. The second-order valence-electron chi connectivity index (χ2n) is 5.25. The first-order valence-corrected chi connectivity index (χ1v) is 9.62. The summed E-state index contributed by atoms with van der Waals surface area (Å²) >= 11 is 1.86. The van der Waals surface area contributed by atoms with Crippen LogP contribution in [0.25, 0.3) is 0 Å². The maximum atomic E-state index is 12.1. The Balaban J connectivity index is 1.61. The minimum Gasteiger partial charge on any atom is -0.457 e. The number of amides is 1. The molecule has 3 rings (SSSR count). The minimum atomic E-state index is -0.931. The van der Waals surface area contributed by atoms with E-state index < -0.39 is 10.8 Å². The third kappa shape index (κ3) is 4.84. The normalized spacial score (nSPS) is 17.3. The standard InChI is InChI=1S/C17H17NO3S2/c1-12(19)18-13-2-4-14(5-3-13)21-15-6-8-17(9-7-15)23(20)11-16-10-22-16/h2-9,16H,10-11H2,1H3,(H,18,19)/t16-,23+/m0/s1. The number of ether oxygens (including phenoxy) is 1. The smallest absolute Gasteiger partial charge is 0.221 e. The topological polar surface area (TPSA) is 55.4 Å². The van der Waals surface area contributed by atoms with Crippen molar-refractivity contribution in [2.24, 2.45) is 0 Å². The SMILES string of the molecule is CC(=O)Nc1ccc(Oc2ccc([S@](=O)C[C@@H]3CS3)cc2)cc1. The number of rotatable bonds is 6. The Bertz CT molecular complexity index is 710. The zero-order valence-corrected chi connectivity index (χ0v) is 14.3. The van der Waals surface area contributed by atoms with Crippen LogP contribution in [-0.2, 0) is 15.6 Å². The Morgan fingerprint density at radius 3 is 2.26 bits per heavy atom. The molecule has 2 atom stereocenters. The number of thioether (sulfide) groups is 1. The lowest BCUT2D eigenvalue weighted by Crippen LogP contribution is -2.05. The molecule has 1 heterocycles. The van der Waals surface area contributed by atoms with E-state index in [9.17, 15) is 9.00 Å². The molecule has 1 aliphatic rings. The molecule has 0 unspecified atom stereocenters. The van der Waals surface area contributed by atoms with E-state index in [0.717, 1.165) is 22.1 Å². The average Bonchev–Trinajstić information content (AvgIpc) is 3.33. The summed E-state index contributed by atoms with van der Waals surface area (Å²) in [5.74, 6) is 3.13. The highest BCUT2D eigenvalue weighted by molar-refractivity contribution is 8.07. The third-order valence-corrected chi connectivity index (χ3v) is 5.92. The van der Waals surface area contributed by atoms with Crippen molar-refractivity contribution in [1.82, 2.24) is 0 Å². The van der Waals surface area contributed by atoms with Crippen molar-refractivity contribution in [3.8, 4) is 11.5 Å². The highest BCUT2D eigenvalue weighted by atomic mass is 32.2. The first-order valence-electron chi connectivity index (χ1n) is 7.26. The molecule has 2 aromatic rings. The third-order valence-electron chi connectivity index (χ3n) is 3.24. The fourth-order valence-electron chi connectivity index (χ4n) is 2.03. The summed E-state index contributed by atoms with van der Waals surface area (Å²) in [7, 11) is -0.931. The summed E-state index contributed by atoms with van der Waals surface area (Å²) in [6.07, 6.45) is 0. The Labute approximate surface area is 142 Å². The van der Waals surface area contributed by atoms with Crippen molar-refractivity contribution in [3.05, 3.63) is 48.5 Å². The molecular weight excluding hydrogens is 330 g/mol. The Morgan fingerprint density at radius 2 is 1.74 bits per heavy atom. The van der Waals surface area contributed by atoms with E-state index in [1.54, 1.807) is 24.3 Å². The molecule has 0 spiro atoms. The van der Waals surface area contributed by atoms with Gasteiger partial charge in [0, 0.05) is 34.3 Å². The molecule has 120 valence electrons. The quantitative estimate of drug-likeness (QED) is 0.810. The van der Waals surface area contributed by atoms with Crippen LogP contribution >= 0.6 is 11.8 Å². The molecule has 6 heteroatoms. The number of carbonyl (C=O) groups excluding carboxylic acids is 1. The number of nitrogens with one attached hydrogen (secondary N) is 1. The molecule has 0 radical (unpaired) electrons. The second kappa shape index (κ2) is 7.19. The van der Waals surface area contributed by atoms with Crippen LogP contribution in [0, 0.1) is 0 Å². The average molecular weight is 347 g/mol. The first-order chi connectivity index (χ1) is 11.1. The number of anilines is 1. The van der Waals surface area contributed by atoms with Gasteiger partial charge in [-0.2, -0.15) is 11.8 Å². The molecule has 2 aromatic carbocycles. The Hall–Kier alpha value is -1.79. The fourth-order valence-corrected chi connectivity index (χ4v) is 4.28. The van der Waals surface area contributed by atoms with Crippen LogP contribution in [0.4, 0.5) is 5.69 Å². The molecule has 1 N–H and O–H groups in total. The van der Waals surface area contributed by atoms with Crippen molar-refractivity contribution in [3.63, 3.8) is 0 Å². The highest BCUT2D eigenvalue weighted by Crippen LogP contribution is 2.32. The number of hydrogen-bond acceptors (Lipinski definition) is 4. The van der Waals surface area contributed by atoms with Gasteiger partial charge in [0.05, 0.1) is 10.8 Å². The summed E-state index contributed by atoms with van der Waals surface area (Å²) in [5, 5.41) is 3.27. The van der Waals surface area contributed by atoms with E-state index in [1.807, 2.05) is 36.0 Å². The van der Waals surface area contributed by atoms with Gasteiger partial charge >= 0.3 is 0 Å². The maximum absolute atomic E-state index is 12.1. The molecule has 0 aromatic heterocycles.